The van der Waals surface area contributed by atoms with Crippen molar-refractivity contribution in [2.75, 3.05) is 0 Å². The molecule has 2 aliphatic rings. The molecule has 2 aliphatic heterocycles. The van der Waals surface area contributed by atoms with Crippen LogP contribution in [0.25, 0.3) is 0 Å². The van der Waals surface area contributed by atoms with E-state index >= 15 is 0 Å². The summed E-state index contributed by atoms with van der Waals surface area (Å²) in [5.74, 6) is 0.201. The van der Waals surface area contributed by atoms with Gasteiger partial charge in [-0.25, -0.2) is 9.59 Å². The maximum atomic E-state index is 13.8. The number of fused-ring (bicyclic) bond motifs is 3. The summed E-state index contributed by atoms with van der Waals surface area (Å²) in [6.07, 6.45) is 7.15. The van der Waals surface area contributed by atoms with Crippen molar-refractivity contribution in [2.45, 2.75) is 134 Å². The third-order valence-electron chi connectivity index (χ3n) is 9.07. The van der Waals surface area contributed by atoms with Gasteiger partial charge >= 0.3 is 5.97 Å². The lowest BCUT2D eigenvalue weighted by Crippen LogP contribution is -2.48. The number of nitrogens with zero attached hydrogens (tertiary/aromatic N) is 1. The number of carbonyl (C=O) groups is 1. The van der Waals surface area contributed by atoms with E-state index in [2.05, 4.69) is 72.7 Å². The highest BCUT2D eigenvalue weighted by atomic mass is 28.4. The highest BCUT2D eigenvalue weighted by Gasteiger charge is 2.43. The van der Waals surface area contributed by atoms with E-state index in [4.69, 9.17) is 18.3 Å². The smallest absolute Gasteiger partial charge is 0.342 e. The first-order valence-corrected chi connectivity index (χ1v) is 20.3. The summed E-state index contributed by atoms with van der Waals surface area (Å²) in [7, 11) is -4.22. The van der Waals surface area contributed by atoms with Crippen LogP contribution in [0, 0.1) is 0 Å². The molecular formula is C31H49NO6Si2. The molecule has 1 aromatic rings. The maximum absolute atomic E-state index is 13.8. The fraction of sp³-hybridized carbons (Fsp3) is 0.677. The minimum Gasteiger partial charge on any atom is -0.543 e. The molecule has 0 amide bonds. The van der Waals surface area contributed by atoms with Crippen LogP contribution in [-0.4, -0.2) is 53.1 Å². The van der Waals surface area contributed by atoms with Gasteiger partial charge in [-0.05, 0) is 67.2 Å². The van der Waals surface area contributed by atoms with Gasteiger partial charge in [0.2, 0.25) is 6.08 Å². The first-order valence-electron chi connectivity index (χ1n) is 14.5. The van der Waals surface area contributed by atoms with Gasteiger partial charge in [-0.2, -0.15) is 4.99 Å². The molecule has 40 heavy (non-hydrogen) atoms. The van der Waals surface area contributed by atoms with Crippen LogP contribution in [0.5, 0.6) is 5.75 Å². The van der Waals surface area contributed by atoms with E-state index in [0.717, 1.165) is 18.4 Å². The molecular weight excluding hydrogens is 539 g/mol. The van der Waals surface area contributed by atoms with Gasteiger partial charge < -0.3 is 18.3 Å². The van der Waals surface area contributed by atoms with E-state index in [0.29, 0.717) is 30.6 Å². The van der Waals surface area contributed by atoms with E-state index in [1.807, 2.05) is 18.2 Å². The second-order valence-electron chi connectivity index (χ2n) is 14.3. The summed E-state index contributed by atoms with van der Waals surface area (Å²) in [4.78, 5) is 27.9. The van der Waals surface area contributed by atoms with Gasteiger partial charge in [0, 0.05) is 25.1 Å². The molecule has 0 aliphatic carbocycles. The zero-order valence-corrected chi connectivity index (χ0v) is 28.1. The summed E-state index contributed by atoms with van der Waals surface area (Å²) in [5, 5.41) is 0.0718. The van der Waals surface area contributed by atoms with Crippen LogP contribution in [0.15, 0.2) is 35.5 Å². The average molecular weight is 588 g/mol. The van der Waals surface area contributed by atoms with Gasteiger partial charge in [-0.15, -0.1) is 0 Å². The largest absolute Gasteiger partial charge is 0.543 e. The zero-order chi connectivity index (χ0) is 29.9. The van der Waals surface area contributed by atoms with Crippen LogP contribution in [0.1, 0.15) is 83.1 Å². The first kappa shape index (κ1) is 32.5. The summed E-state index contributed by atoms with van der Waals surface area (Å²) >= 11 is 0. The molecule has 1 fully saturated rings. The van der Waals surface area contributed by atoms with Crippen molar-refractivity contribution >= 4 is 28.7 Å². The van der Waals surface area contributed by atoms with E-state index in [-0.39, 0.29) is 34.4 Å². The van der Waals surface area contributed by atoms with E-state index in [1.165, 1.54) is 12.3 Å². The van der Waals surface area contributed by atoms with Crippen LogP contribution in [0.4, 0.5) is 0 Å². The van der Waals surface area contributed by atoms with Gasteiger partial charge in [-0.1, -0.05) is 59.8 Å². The fourth-order valence-corrected chi connectivity index (χ4v) is 7.17. The van der Waals surface area contributed by atoms with Gasteiger partial charge in [0.25, 0.3) is 8.32 Å². The second kappa shape index (κ2) is 12.5. The highest BCUT2D eigenvalue weighted by Crippen LogP contribution is 2.42. The van der Waals surface area contributed by atoms with E-state index in [9.17, 15) is 9.59 Å². The topological polar surface area (TPSA) is 83.4 Å². The Morgan fingerprint density at radius 2 is 1.65 bits per heavy atom. The molecule has 0 spiro atoms. The van der Waals surface area contributed by atoms with Gasteiger partial charge in [0.1, 0.15) is 17.4 Å². The fourth-order valence-electron chi connectivity index (χ4n) is 4.77. The average Bonchev–Trinajstić information content (AvgIpc) is 2.79. The molecule has 4 atom stereocenters. The Labute approximate surface area is 243 Å². The van der Waals surface area contributed by atoms with Gasteiger partial charge in [0.05, 0.1) is 12.2 Å². The van der Waals surface area contributed by atoms with Crippen LogP contribution >= 0.6 is 0 Å². The zero-order valence-electron chi connectivity index (χ0n) is 26.1. The third kappa shape index (κ3) is 8.04. The van der Waals surface area contributed by atoms with Crippen LogP contribution in [-0.2, 0) is 25.1 Å². The molecule has 0 saturated carbocycles. The molecule has 7 nitrogen and oxygen atoms in total. The number of carbonyl (C=O) groups excluding carboxylic acids is 2. The number of hydrogen-bond donors (Lipinski definition) is 0. The van der Waals surface area contributed by atoms with Gasteiger partial charge in [-0.3, -0.25) is 0 Å². The Bertz CT molecular complexity index is 1130. The van der Waals surface area contributed by atoms with Gasteiger partial charge in [0.15, 0.2) is 8.32 Å². The normalized spacial score (nSPS) is 24.6. The van der Waals surface area contributed by atoms with Crippen molar-refractivity contribution in [2.24, 2.45) is 4.99 Å². The molecule has 2 heterocycles. The molecule has 0 radical (unpaired) electrons. The predicted molar refractivity (Wildman–Crippen MR) is 164 cm³/mol. The molecule has 2 bridgehead atoms. The summed E-state index contributed by atoms with van der Waals surface area (Å²) < 4.78 is 26.4. The lowest BCUT2D eigenvalue weighted by Gasteiger charge is -2.44. The SMILES string of the molecule is CC(C)(C)[Si](C)(C)Oc1cccc2c1C(=O)O[C@@H](C/C=C/N=C=O)C[C@H]1C[C@@H](O[Si](C)(C)C(C)(C)C)C[C@H](C2)O1. The molecule has 0 N–H and O–H groups in total. The van der Waals surface area contributed by atoms with Crippen molar-refractivity contribution < 1.29 is 27.9 Å². The lowest BCUT2D eigenvalue weighted by atomic mass is 9.91. The Morgan fingerprint density at radius 1 is 1.00 bits per heavy atom. The number of esters is 1. The van der Waals surface area contributed by atoms with Crippen molar-refractivity contribution in [3.63, 3.8) is 0 Å². The second-order valence-corrected chi connectivity index (χ2v) is 23.8. The standard InChI is InChI=1S/C31H49NO6Si2/c1-30(2,3)39(7,8)37-26-19-24-17-22-13-11-15-27(38-40(9,10)31(4,5)6)28(22)29(34)36-23(14-12-16-32-21-33)18-25(20-26)35-24/h11-13,15-16,23-26H,14,17-20H2,1-10H3/b16-12+/t23-,24-,25-,26-/m0/s1. The number of aliphatic imine (C=N–C) groups is 1. The monoisotopic (exact) mass is 587 g/mol. The third-order valence-corrected chi connectivity index (χ3v) is 17.9. The van der Waals surface area contributed by atoms with E-state index in [1.54, 1.807) is 6.08 Å². The first-order chi connectivity index (χ1) is 18.4. The molecule has 0 aromatic heterocycles. The quantitative estimate of drug-likeness (QED) is 0.141. The van der Waals surface area contributed by atoms with Crippen LogP contribution in [0.2, 0.25) is 36.3 Å². The Kier molecular flexibility index (Phi) is 10.1. The molecule has 0 unspecified atom stereocenters. The lowest BCUT2D eigenvalue weighted by molar-refractivity contribution is -0.106. The molecule has 222 valence electrons. The van der Waals surface area contributed by atoms with Crippen LogP contribution in [0.3, 0.4) is 0 Å². The molecule has 1 saturated heterocycles. The Balaban J connectivity index is 2.02. The van der Waals surface area contributed by atoms with Crippen molar-refractivity contribution in [1.82, 2.24) is 0 Å². The maximum Gasteiger partial charge on any atom is 0.342 e. The number of rotatable bonds is 7. The van der Waals surface area contributed by atoms with Crippen molar-refractivity contribution in [3.8, 4) is 5.75 Å². The summed E-state index contributed by atoms with van der Waals surface area (Å²) in [5.41, 5.74) is 1.36. The molecule has 3 rings (SSSR count). The number of hydrogen-bond acceptors (Lipinski definition) is 7. The number of cyclic esters (lactones) is 1. The molecule has 9 heteroatoms. The number of benzene rings is 1. The molecule has 1 aromatic carbocycles. The Hall–Kier alpha value is -2.04. The Morgan fingerprint density at radius 3 is 2.27 bits per heavy atom. The minimum absolute atomic E-state index is 0.0317. The van der Waals surface area contributed by atoms with Crippen LogP contribution < -0.4 is 4.43 Å². The summed E-state index contributed by atoms with van der Waals surface area (Å²) in [6, 6.07) is 5.83. The number of isocyanates is 1. The summed E-state index contributed by atoms with van der Waals surface area (Å²) in [6.45, 7) is 22.3. The number of ether oxygens (including phenoxy) is 2. The van der Waals surface area contributed by atoms with Crippen molar-refractivity contribution in [1.29, 1.82) is 0 Å². The predicted octanol–water partition coefficient (Wildman–Crippen LogP) is 7.72. The van der Waals surface area contributed by atoms with Crippen molar-refractivity contribution in [3.05, 3.63) is 41.6 Å². The highest BCUT2D eigenvalue weighted by molar-refractivity contribution is 6.75. The van der Waals surface area contributed by atoms with E-state index < -0.39 is 22.7 Å². The minimum atomic E-state index is -2.23.